The van der Waals surface area contributed by atoms with Crippen LogP contribution in [0.5, 0.6) is 0 Å². The molecule has 2 aliphatic rings. The zero-order valence-corrected chi connectivity index (χ0v) is 13.6. The molecule has 1 N–H and O–H groups in total. The van der Waals surface area contributed by atoms with E-state index in [2.05, 4.69) is 5.16 Å². The minimum Gasteiger partial charge on any atom is -0.411 e. The highest BCUT2D eigenvalue weighted by atomic mass is 16.4. The Morgan fingerprint density at radius 3 is 1.29 bits per heavy atom. The molecular formula is C18H33NO2. The van der Waals surface area contributed by atoms with Crippen LogP contribution >= 0.6 is 0 Å². The van der Waals surface area contributed by atoms with E-state index in [1.807, 2.05) is 0 Å². The molecule has 3 heteroatoms. The topological polar surface area (TPSA) is 49.7 Å². The lowest BCUT2D eigenvalue weighted by Gasteiger charge is -2.08. The van der Waals surface area contributed by atoms with E-state index in [9.17, 15) is 4.79 Å². The summed E-state index contributed by atoms with van der Waals surface area (Å²) < 4.78 is 0. The molecule has 0 aromatic carbocycles. The molecule has 0 bridgehead atoms. The number of carbonyl (C=O) groups excluding carboxylic acids is 1. The van der Waals surface area contributed by atoms with Gasteiger partial charge in [0.1, 0.15) is 5.78 Å². The van der Waals surface area contributed by atoms with Crippen molar-refractivity contribution in [2.75, 3.05) is 0 Å². The van der Waals surface area contributed by atoms with Gasteiger partial charge in [-0.05, 0) is 38.5 Å². The zero-order valence-electron chi connectivity index (χ0n) is 13.6. The van der Waals surface area contributed by atoms with Gasteiger partial charge in [-0.25, -0.2) is 0 Å². The highest BCUT2D eigenvalue weighted by molar-refractivity contribution is 5.84. The Morgan fingerprint density at radius 1 is 0.571 bits per heavy atom. The maximum atomic E-state index is 11.3. The van der Waals surface area contributed by atoms with Crippen molar-refractivity contribution in [3.63, 3.8) is 0 Å². The summed E-state index contributed by atoms with van der Waals surface area (Å²) in [5, 5.41) is 11.4. The fourth-order valence-corrected chi connectivity index (χ4v) is 3.07. The van der Waals surface area contributed by atoms with Crippen molar-refractivity contribution in [1.29, 1.82) is 0 Å². The maximum Gasteiger partial charge on any atom is 0.132 e. The van der Waals surface area contributed by atoms with Gasteiger partial charge in [-0.2, -0.15) is 0 Å². The Hall–Kier alpha value is -0.860. The van der Waals surface area contributed by atoms with Gasteiger partial charge in [-0.15, -0.1) is 0 Å². The molecule has 2 rings (SSSR count). The zero-order chi connectivity index (χ0) is 15.2. The molecule has 122 valence electrons. The molecular weight excluding hydrogens is 262 g/mol. The number of carbonyl (C=O) groups is 1. The highest BCUT2D eigenvalue weighted by Gasteiger charge is 2.05. The highest BCUT2D eigenvalue weighted by Crippen LogP contribution is 2.15. The van der Waals surface area contributed by atoms with Crippen molar-refractivity contribution < 1.29 is 10.0 Å². The molecule has 21 heavy (non-hydrogen) atoms. The predicted octanol–water partition coefficient (Wildman–Crippen LogP) is 5.64. The van der Waals surface area contributed by atoms with Gasteiger partial charge < -0.3 is 5.21 Å². The Bertz CT molecular complexity index is 278. The molecule has 0 saturated heterocycles. The number of ketones is 1. The van der Waals surface area contributed by atoms with Crippen molar-refractivity contribution in [2.45, 2.75) is 103 Å². The summed E-state index contributed by atoms with van der Waals surface area (Å²) in [6, 6.07) is 0. The van der Waals surface area contributed by atoms with Gasteiger partial charge in [0, 0.05) is 12.8 Å². The van der Waals surface area contributed by atoms with Crippen molar-refractivity contribution in [3.8, 4) is 0 Å². The van der Waals surface area contributed by atoms with Crippen LogP contribution in [-0.4, -0.2) is 16.7 Å². The average Bonchev–Trinajstić information content (AvgIpc) is 2.52. The molecule has 0 aromatic heterocycles. The lowest BCUT2D eigenvalue weighted by molar-refractivity contribution is -0.119. The van der Waals surface area contributed by atoms with E-state index in [1.54, 1.807) is 0 Å². The summed E-state index contributed by atoms with van der Waals surface area (Å²) in [6.07, 6.45) is 19.1. The molecule has 3 nitrogen and oxygen atoms in total. The molecule has 0 amide bonds. The van der Waals surface area contributed by atoms with Gasteiger partial charge in [-0.1, -0.05) is 56.5 Å². The van der Waals surface area contributed by atoms with E-state index < -0.39 is 0 Å². The summed E-state index contributed by atoms with van der Waals surface area (Å²) >= 11 is 0. The Balaban J connectivity index is 0.000000235. The van der Waals surface area contributed by atoms with Crippen molar-refractivity contribution >= 4 is 11.5 Å². The molecule has 2 fully saturated rings. The van der Waals surface area contributed by atoms with Gasteiger partial charge >= 0.3 is 0 Å². The number of hydrogen-bond acceptors (Lipinski definition) is 3. The number of Topliss-reactive ketones (excluding diaryl/α,β-unsaturated/α-hetero) is 1. The molecule has 0 radical (unpaired) electrons. The van der Waals surface area contributed by atoms with E-state index in [0.717, 1.165) is 44.2 Å². The Morgan fingerprint density at radius 2 is 0.905 bits per heavy atom. The number of hydrogen-bond donors (Lipinski definition) is 1. The summed E-state index contributed by atoms with van der Waals surface area (Å²) in [7, 11) is 0. The molecule has 0 atom stereocenters. The van der Waals surface area contributed by atoms with Gasteiger partial charge in [0.05, 0.1) is 5.71 Å². The van der Waals surface area contributed by atoms with Crippen LogP contribution in [0.4, 0.5) is 0 Å². The van der Waals surface area contributed by atoms with Crippen molar-refractivity contribution in [1.82, 2.24) is 0 Å². The quantitative estimate of drug-likeness (QED) is 0.464. The maximum absolute atomic E-state index is 11.3. The van der Waals surface area contributed by atoms with E-state index in [0.29, 0.717) is 5.78 Å². The number of nitrogens with zero attached hydrogens (tertiary/aromatic N) is 1. The minimum atomic E-state index is 0.501. The third-order valence-electron chi connectivity index (χ3n) is 4.48. The van der Waals surface area contributed by atoms with Crippen LogP contribution in [0.15, 0.2) is 5.16 Å². The molecule has 0 heterocycles. The Kier molecular flexibility index (Phi) is 11.1. The third kappa shape index (κ3) is 10.5. The minimum absolute atomic E-state index is 0.501. The molecule has 0 aromatic rings. The number of oxime groups is 1. The normalized spacial score (nSPS) is 22.3. The first-order valence-electron chi connectivity index (χ1n) is 9.04. The van der Waals surface area contributed by atoms with Crippen LogP contribution in [-0.2, 0) is 4.79 Å². The predicted molar refractivity (Wildman–Crippen MR) is 88.1 cm³/mol. The molecule has 2 saturated carbocycles. The van der Waals surface area contributed by atoms with Gasteiger partial charge in [-0.3, -0.25) is 4.79 Å². The molecule has 2 aliphatic carbocycles. The second kappa shape index (κ2) is 12.8. The van der Waals surface area contributed by atoms with E-state index >= 15 is 0 Å². The monoisotopic (exact) mass is 295 g/mol. The summed E-state index contributed by atoms with van der Waals surface area (Å²) in [5.74, 6) is 0.501. The second-order valence-electron chi connectivity index (χ2n) is 6.45. The molecule has 0 unspecified atom stereocenters. The average molecular weight is 295 g/mol. The largest absolute Gasteiger partial charge is 0.411 e. The van der Waals surface area contributed by atoms with Gasteiger partial charge in [0.25, 0.3) is 0 Å². The van der Waals surface area contributed by atoms with Crippen LogP contribution in [0.3, 0.4) is 0 Å². The van der Waals surface area contributed by atoms with E-state index in [1.165, 1.54) is 64.2 Å². The summed E-state index contributed by atoms with van der Waals surface area (Å²) in [4.78, 5) is 11.3. The van der Waals surface area contributed by atoms with Crippen LogP contribution in [0.2, 0.25) is 0 Å². The van der Waals surface area contributed by atoms with Crippen LogP contribution in [0.1, 0.15) is 103 Å². The second-order valence-corrected chi connectivity index (χ2v) is 6.45. The lowest BCUT2D eigenvalue weighted by atomic mass is 9.99. The SMILES string of the molecule is O=C1CCCCCCCCCCC1.ON=C1CCCCC1. The fourth-order valence-electron chi connectivity index (χ4n) is 3.07. The lowest BCUT2D eigenvalue weighted by Crippen LogP contribution is -2.03. The van der Waals surface area contributed by atoms with Crippen LogP contribution < -0.4 is 0 Å². The Labute approximate surface area is 130 Å². The first-order valence-corrected chi connectivity index (χ1v) is 9.04. The first-order chi connectivity index (χ1) is 10.3. The third-order valence-corrected chi connectivity index (χ3v) is 4.48. The van der Waals surface area contributed by atoms with Crippen molar-refractivity contribution in [2.24, 2.45) is 5.16 Å². The fraction of sp³-hybridized carbons (Fsp3) is 0.889. The van der Waals surface area contributed by atoms with Crippen LogP contribution in [0.25, 0.3) is 0 Å². The smallest absolute Gasteiger partial charge is 0.132 e. The molecule has 0 aliphatic heterocycles. The summed E-state index contributed by atoms with van der Waals surface area (Å²) in [5.41, 5.74) is 0.983. The van der Waals surface area contributed by atoms with E-state index in [4.69, 9.17) is 5.21 Å². The van der Waals surface area contributed by atoms with Gasteiger partial charge in [0.15, 0.2) is 0 Å². The van der Waals surface area contributed by atoms with E-state index in [-0.39, 0.29) is 0 Å². The first kappa shape index (κ1) is 18.2. The standard InChI is InChI=1S/C12H22O.C6H11NO/c13-12-10-8-6-4-2-1-3-5-7-9-11-12;8-7-6-4-2-1-3-5-6/h1-11H2;8H,1-5H2. The van der Waals surface area contributed by atoms with Crippen molar-refractivity contribution in [3.05, 3.63) is 0 Å². The van der Waals surface area contributed by atoms with Gasteiger partial charge in [0.2, 0.25) is 0 Å². The number of rotatable bonds is 0. The van der Waals surface area contributed by atoms with Crippen LogP contribution in [0, 0.1) is 0 Å². The summed E-state index contributed by atoms with van der Waals surface area (Å²) in [6.45, 7) is 0. The molecule has 0 spiro atoms.